The molecular formula is C30H38F2N4O5. The Hall–Kier alpha value is -3.54. The molecule has 9 nitrogen and oxygen atoms in total. The summed E-state index contributed by atoms with van der Waals surface area (Å²) in [4.78, 5) is 16.2. The van der Waals surface area contributed by atoms with Crippen molar-refractivity contribution in [2.24, 2.45) is 0 Å². The number of aryl methyl sites for hydroxylation is 3. The van der Waals surface area contributed by atoms with Crippen LogP contribution < -0.4 is 9.47 Å². The zero-order chi connectivity index (χ0) is 29.4. The summed E-state index contributed by atoms with van der Waals surface area (Å²) in [6.07, 6.45) is 0.814. The number of aliphatic hydroxyl groups is 1. The number of halogens is 2. The number of aromatic nitrogens is 2. The van der Waals surface area contributed by atoms with Crippen LogP contribution in [0.5, 0.6) is 11.5 Å². The van der Waals surface area contributed by atoms with E-state index in [9.17, 15) is 18.7 Å². The minimum atomic E-state index is -1.47. The zero-order valence-corrected chi connectivity index (χ0v) is 23.8. The van der Waals surface area contributed by atoms with Crippen LogP contribution in [0.25, 0.3) is 0 Å². The monoisotopic (exact) mass is 572 g/mol. The van der Waals surface area contributed by atoms with Crippen molar-refractivity contribution >= 4 is 5.91 Å². The number of methoxy groups -OCH3 is 1. The van der Waals surface area contributed by atoms with Gasteiger partial charge in [-0.15, -0.1) is 0 Å². The molecule has 1 aliphatic heterocycles. The maximum absolute atomic E-state index is 13.7. The van der Waals surface area contributed by atoms with E-state index in [1.54, 1.807) is 4.90 Å². The van der Waals surface area contributed by atoms with E-state index in [2.05, 4.69) is 11.2 Å². The molecule has 4 rings (SSSR count). The molecule has 0 bridgehead atoms. The quantitative estimate of drug-likeness (QED) is 0.333. The van der Waals surface area contributed by atoms with Crippen LogP contribution in [-0.2, 0) is 22.6 Å². The third-order valence-corrected chi connectivity index (χ3v) is 6.90. The molecule has 3 aromatic rings. The van der Waals surface area contributed by atoms with Crippen molar-refractivity contribution in [3.05, 3.63) is 77.1 Å². The number of β-amino-alcohol motifs (C(OH)–C–C–N with tert-alkyl or cyclic N) is 1. The molecule has 41 heavy (non-hydrogen) atoms. The number of hydrogen-bond acceptors (Lipinski definition) is 7. The Balaban J connectivity index is 1.39. The topological polar surface area (TPSA) is 89.3 Å². The average Bonchev–Trinajstić information content (AvgIpc) is 3.15. The van der Waals surface area contributed by atoms with Crippen molar-refractivity contribution in [3.63, 3.8) is 0 Å². The summed E-state index contributed by atoms with van der Waals surface area (Å²) in [6.45, 7) is 6.61. The average molecular weight is 573 g/mol. The van der Waals surface area contributed by atoms with Crippen molar-refractivity contribution in [3.8, 4) is 11.5 Å². The van der Waals surface area contributed by atoms with E-state index >= 15 is 0 Å². The molecule has 1 aromatic heterocycles. The molecule has 0 radical (unpaired) electrons. The Morgan fingerprint density at radius 2 is 1.83 bits per heavy atom. The Morgan fingerprint density at radius 3 is 2.56 bits per heavy atom. The summed E-state index contributed by atoms with van der Waals surface area (Å²) in [6, 6.07) is 13.0. The molecule has 1 amide bonds. The maximum atomic E-state index is 13.7. The van der Waals surface area contributed by atoms with E-state index in [4.69, 9.17) is 14.2 Å². The third kappa shape index (κ3) is 8.72. The highest BCUT2D eigenvalue weighted by atomic mass is 19.2. The summed E-state index contributed by atoms with van der Waals surface area (Å²) < 4.78 is 45.7. The van der Waals surface area contributed by atoms with Gasteiger partial charge < -0.3 is 24.2 Å². The van der Waals surface area contributed by atoms with Gasteiger partial charge in [-0.3, -0.25) is 14.4 Å². The number of hydrogen-bond donors (Lipinski definition) is 1. The molecule has 1 aliphatic rings. The molecule has 0 saturated carbocycles. The zero-order valence-electron chi connectivity index (χ0n) is 23.8. The van der Waals surface area contributed by atoms with Crippen LogP contribution >= 0.6 is 0 Å². The molecule has 0 spiro atoms. The van der Waals surface area contributed by atoms with Crippen molar-refractivity contribution in [2.45, 2.75) is 39.0 Å². The molecule has 222 valence electrons. The van der Waals surface area contributed by atoms with Crippen LogP contribution in [0.2, 0.25) is 0 Å². The molecule has 0 aliphatic carbocycles. The minimum absolute atomic E-state index is 0.00771. The first-order chi connectivity index (χ1) is 19.6. The Morgan fingerprint density at radius 1 is 1.02 bits per heavy atom. The van der Waals surface area contributed by atoms with E-state index < -0.39 is 17.2 Å². The van der Waals surface area contributed by atoms with Gasteiger partial charge in [-0.25, -0.2) is 8.78 Å². The van der Waals surface area contributed by atoms with E-state index in [1.807, 2.05) is 47.7 Å². The summed E-state index contributed by atoms with van der Waals surface area (Å²) >= 11 is 0. The number of rotatable bonds is 12. The lowest BCUT2D eigenvalue weighted by atomic mass is 10.0. The van der Waals surface area contributed by atoms with Crippen LogP contribution in [0.4, 0.5) is 8.78 Å². The molecule has 2 aromatic carbocycles. The van der Waals surface area contributed by atoms with Gasteiger partial charge in [-0.1, -0.05) is 12.1 Å². The van der Waals surface area contributed by atoms with Crippen molar-refractivity contribution in [1.29, 1.82) is 0 Å². The first-order valence-electron chi connectivity index (χ1n) is 13.7. The predicted molar refractivity (Wildman–Crippen MR) is 149 cm³/mol. The van der Waals surface area contributed by atoms with E-state index in [-0.39, 0.29) is 38.0 Å². The van der Waals surface area contributed by atoms with Gasteiger partial charge in [0.25, 0.3) is 0 Å². The number of carbonyl (C=O) groups excluding carboxylic acids is 1. The van der Waals surface area contributed by atoms with Gasteiger partial charge in [0.1, 0.15) is 30.3 Å². The highest BCUT2D eigenvalue weighted by Crippen LogP contribution is 2.22. The highest BCUT2D eigenvalue weighted by molar-refractivity contribution is 5.77. The smallest absolute Gasteiger partial charge is 0.248 e. The number of amides is 1. The van der Waals surface area contributed by atoms with Crippen LogP contribution in [0.15, 0.2) is 48.5 Å². The van der Waals surface area contributed by atoms with Gasteiger partial charge in [0.05, 0.1) is 18.8 Å². The van der Waals surface area contributed by atoms with Gasteiger partial charge in [0.15, 0.2) is 11.6 Å². The largest absolute Gasteiger partial charge is 0.494 e. The lowest BCUT2D eigenvalue weighted by Gasteiger charge is -2.33. The van der Waals surface area contributed by atoms with Crippen molar-refractivity contribution in [1.82, 2.24) is 19.6 Å². The molecular weight excluding hydrogens is 534 g/mol. The van der Waals surface area contributed by atoms with Crippen LogP contribution in [0.3, 0.4) is 0 Å². The molecule has 0 unspecified atom stereocenters. The molecule has 1 fully saturated rings. The third-order valence-electron chi connectivity index (χ3n) is 6.90. The van der Waals surface area contributed by atoms with E-state index in [0.717, 1.165) is 47.8 Å². The minimum Gasteiger partial charge on any atom is -0.494 e. The van der Waals surface area contributed by atoms with E-state index in [1.165, 1.54) is 13.2 Å². The fourth-order valence-electron chi connectivity index (χ4n) is 4.98. The Bertz CT molecular complexity index is 1320. The van der Waals surface area contributed by atoms with Crippen molar-refractivity contribution in [2.75, 3.05) is 53.1 Å². The molecule has 2 heterocycles. The predicted octanol–water partition coefficient (Wildman–Crippen LogP) is 3.35. The van der Waals surface area contributed by atoms with Gasteiger partial charge >= 0.3 is 0 Å². The molecule has 1 atom stereocenters. The van der Waals surface area contributed by atoms with Gasteiger partial charge in [-0.2, -0.15) is 5.10 Å². The summed E-state index contributed by atoms with van der Waals surface area (Å²) in [5, 5.41) is 16.1. The van der Waals surface area contributed by atoms with Gasteiger partial charge in [0.2, 0.25) is 5.91 Å². The number of carbonyl (C=O) groups is 1. The van der Waals surface area contributed by atoms with Crippen LogP contribution in [0.1, 0.15) is 23.4 Å². The van der Waals surface area contributed by atoms with Crippen LogP contribution in [0, 0.1) is 25.5 Å². The lowest BCUT2D eigenvalue weighted by Crippen LogP contribution is -2.52. The number of ether oxygens (including phenoxy) is 3. The Labute approximate surface area is 239 Å². The second kappa shape index (κ2) is 13.9. The number of benzene rings is 2. The Kier molecular flexibility index (Phi) is 10.3. The first-order valence-corrected chi connectivity index (χ1v) is 13.7. The fraction of sp³-hybridized carbons (Fsp3) is 0.467. The number of nitrogens with zero attached hydrogens (tertiary/aromatic N) is 4. The summed E-state index contributed by atoms with van der Waals surface area (Å²) in [5.41, 5.74) is 1.64. The fourth-order valence-corrected chi connectivity index (χ4v) is 4.98. The van der Waals surface area contributed by atoms with Gasteiger partial charge in [-0.05, 0) is 49.7 Å². The van der Waals surface area contributed by atoms with E-state index in [0.29, 0.717) is 26.2 Å². The second-order valence-corrected chi connectivity index (χ2v) is 10.5. The summed E-state index contributed by atoms with van der Waals surface area (Å²) in [7, 11) is 1.44. The molecule has 1 N–H and O–H groups in total. The first kappa shape index (κ1) is 30.4. The van der Waals surface area contributed by atoms with Crippen LogP contribution in [-0.4, -0.2) is 89.3 Å². The molecule has 11 heteroatoms. The maximum Gasteiger partial charge on any atom is 0.248 e. The molecule has 1 saturated heterocycles. The lowest BCUT2D eigenvalue weighted by molar-refractivity contribution is -0.138. The van der Waals surface area contributed by atoms with Gasteiger partial charge in [0, 0.05) is 58.0 Å². The van der Waals surface area contributed by atoms with Crippen molar-refractivity contribution < 1.29 is 32.9 Å². The summed E-state index contributed by atoms with van der Waals surface area (Å²) in [5.74, 6) is -1.44. The normalized spacial score (nSPS) is 17.9. The highest BCUT2D eigenvalue weighted by Gasteiger charge is 2.37. The second-order valence-electron chi connectivity index (χ2n) is 10.5. The SMILES string of the molecule is COCC(=O)N1CCN(Cc2cccc(OCCCn3nc(C)cc3C)c2)C[C@@](O)(COc2ccc(F)c(F)c2)C1. The standard InChI is InChI=1S/C30H38F2N4O5/c1-22-14-23(2)36(33-22)10-5-13-40-25-7-4-6-24(15-25)17-34-11-12-35(29(37)18-39-3)20-30(38,19-34)21-41-26-8-9-27(31)28(32)16-26/h4,6-9,14-16,38H,5,10-13,17-21H2,1-3H3/t30-/m0/s1.